The first-order valence-corrected chi connectivity index (χ1v) is 14.2. The number of aryl methyl sites for hydroxylation is 1. The van der Waals surface area contributed by atoms with Crippen molar-refractivity contribution >= 4 is 10.9 Å². The van der Waals surface area contributed by atoms with E-state index < -0.39 is 0 Å². The molecule has 0 radical (unpaired) electrons. The van der Waals surface area contributed by atoms with Crippen LogP contribution in [0.4, 0.5) is 4.39 Å². The number of allylic oxidation sites excluding steroid dienone is 9. The molecular formula is C39H40FN3. The van der Waals surface area contributed by atoms with Crippen molar-refractivity contribution in [3.63, 3.8) is 0 Å². The molecule has 0 atom stereocenters. The van der Waals surface area contributed by atoms with Crippen LogP contribution >= 0.6 is 0 Å². The lowest BCUT2D eigenvalue weighted by molar-refractivity contribution is 0.628. The standard InChI is InChI=1S/C37H38FN3.C2H2/c1-6-28(17-18-29-12-9-8-10-13-29)21-30(7-2)26(3)16-19-36(39-5)27(4)20-33-23-34-35(24-40-25-37(34)41-33)31-14-11-15-32(38)22-31;1-2/h6-16,19,21-25,39,41H,1,4,17-18,20H2,2-3,5H3;1-2H/b26-16+,28-21+,30-7+,36-19+;. The molecule has 2 heterocycles. The minimum absolute atomic E-state index is 0.264. The SMILES string of the molecule is C#C.C=C\C(=C/C(=C\C)C(/C)=C/C=C(/NC)C(=C)Cc1cc2c(-c3cccc(F)c3)cncc2[nH]1)CCc1ccccc1. The van der Waals surface area contributed by atoms with Crippen LogP contribution in [0, 0.1) is 18.7 Å². The fourth-order valence-corrected chi connectivity index (χ4v) is 4.89. The molecule has 2 aromatic carbocycles. The Morgan fingerprint density at radius 2 is 1.81 bits per heavy atom. The van der Waals surface area contributed by atoms with Crippen LogP contribution in [0.2, 0.25) is 0 Å². The minimum atomic E-state index is -0.264. The molecule has 43 heavy (non-hydrogen) atoms. The number of halogens is 1. The molecule has 0 amide bonds. The van der Waals surface area contributed by atoms with Gasteiger partial charge in [-0.15, -0.1) is 12.8 Å². The molecule has 2 N–H and O–H groups in total. The monoisotopic (exact) mass is 569 g/mol. The van der Waals surface area contributed by atoms with Crippen molar-refractivity contribution in [2.75, 3.05) is 7.05 Å². The molecule has 0 aliphatic rings. The highest BCUT2D eigenvalue weighted by atomic mass is 19.1. The number of pyridine rings is 1. The van der Waals surface area contributed by atoms with E-state index in [0.717, 1.165) is 57.4 Å². The lowest BCUT2D eigenvalue weighted by Crippen LogP contribution is -2.09. The third-order valence-corrected chi connectivity index (χ3v) is 7.21. The van der Waals surface area contributed by atoms with Gasteiger partial charge >= 0.3 is 0 Å². The number of hydrogen-bond donors (Lipinski definition) is 2. The summed E-state index contributed by atoms with van der Waals surface area (Å²) in [6, 6.07) is 19.2. The molecule has 2 aromatic heterocycles. The summed E-state index contributed by atoms with van der Waals surface area (Å²) in [4.78, 5) is 7.83. The molecule has 0 aliphatic heterocycles. The molecule has 0 saturated carbocycles. The van der Waals surface area contributed by atoms with Gasteiger partial charge in [-0.1, -0.05) is 79.9 Å². The zero-order chi connectivity index (χ0) is 31.2. The van der Waals surface area contributed by atoms with E-state index in [9.17, 15) is 4.39 Å². The number of fused-ring (bicyclic) bond motifs is 1. The molecule has 4 aromatic rings. The van der Waals surface area contributed by atoms with E-state index in [1.807, 2.05) is 25.3 Å². The number of aromatic amines is 1. The summed E-state index contributed by atoms with van der Waals surface area (Å²) >= 11 is 0. The fourth-order valence-electron chi connectivity index (χ4n) is 4.89. The number of H-pyrrole nitrogens is 1. The van der Waals surface area contributed by atoms with Crippen molar-refractivity contribution in [1.82, 2.24) is 15.3 Å². The minimum Gasteiger partial charge on any atom is -0.388 e. The van der Waals surface area contributed by atoms with Gasteiger partial charge in [0.1, 0.15) is 5.82 Å². The summed E-state index contributed by atoms with van der Waals surface area (Å²) in [7, 11) is 1.91. The quantitative estimate of drug-likeness (QED) is 0.132. The molecule has 4 heteroatoms. The number of likely N-dealkylation sites (N-methyl/N-ethyl adjacent to an activating group) is 1. The third kappa shape index (κ3) is 8.92. The number of rotatable bonds is 12. The number of nitrogens with zero attached hydrogens (tertiary/aromatic N) is 1. The highest BCUT2D eigenvalue weighted by Crippen LogP contribution is 2.29. The van der Waals surface area contributed by atoms with Crippen molar-refractivity contribution < 1.29 is 4.39 Å². The Labute approximate surface area is 256 Å². The van der Waals surface area contributed by atoms with Crippen LogP contribution in [0.1, 0.15) is 31.5 Å². The maximum atomic E-state index is 13.9. The molecule has 0 aliphatic carbocycles. The number of aromatic nitrogens is 2. The summed E-state index contributed by atoms with van der Waals surface area (Å²) in [5.41, 5.74) is 10.4. The zero-order valence-electron chi connectivity index (χ0n) is 25.3. The molecular weight excluding hydrogens is 529 g/mol. The summed E-state index contributed by atoms with van der Waals surface area (Å²) in [6.07, 6.45) is 24.6. The topological polar surface area (TPSA) is 40.7 Å². The van der Waals surface area contributed by atoms with E-state index >= 15 is 0 Å². The summed E-state index contributed by atoms with van der Waals surface area (Å²) in [5.74, 6) is -0.264. The highest BCUT2D eigenvalue weighted by Gasteiger charge is 2.11. The number of benzene rings is 2. The first kappa shape index (κ1) is 32.4. The van der Waals surface area contributed by atoms with Gasteiger partial charge in [0.15, 0.2) is 0 Å². The van der Waals surface area contributed by atoms with Gasteiger partial charge < -0.3 is 10.3 Å². The molecule has 0 bridgehead atoms. The van der Waals surface area contributed by atoms with Crippen LogP contribution in [0.25, 0.3) is 22.0 Å². The second kappa shape index (κ2) is 16.3. The molecule has 4 rings (SSSR count). The van der Waals surface area contributed by atoms with Crippen LogP contribution in [0.5, 0.6) is 0 Å². The van der Waals surface area contributed by atoms with Crippen molar-refractivity contribution in [2.24, 2.45) is 0 Å². The van der Waals surface area contributed by atoms with E-state index in [0.29, 0.717) is 6.42 Å². The molecule has 0 unspecified atom stereocenters. The maximum absolute atomic E-state index is 13.9. The second-order valence-corrected chi connectivity index (χ2v) is 10.1. The van der Waals surface area contributed by atoms with Crippen LogP contribution in [-0.2, 0) is 12.8 Å². The largest absolute Gasteiger partial charge is 0.388 e. The molecule has 0 saturated heterocycles. The van der Waals surface area contributed by atoms with Gasteiger partial charge in [0.25, 0.3) is 0 Å². The second-order valence-electron chi connectivity index (χ2n) is 10.1. The fraction of sp³-hybridized carbons (Fsp3) is 0.154. The Balaban J connectivity index is 0.00000248. The summed E-state index contributed by atoms with van der Waals surface area (Å²) < 4.78 is 13.9. The first-order valence-electron chi connectivity index (χ1n) is 14.2. The van der Waals surface area contributed by atoms with Crippen LogP contribution in [0.15, 0.2) is 145 Å². The number of terminal acetylenes is 1. The zero-order valence-corrected chi connectivity index (χ0v) is 25.3. The maximum Gasteiger partial charge on any atom is 0.123 e. The van der Waals surface area contributed by atoms with Gasteiger partial charge in [0.2, 0.25) is 0 Å². The van der Waals surface area contributed by atoms with Gasteiger partial charge in [-0.05, 0) is 84.4 Å². The number of nitrogens with one attached hydrogen (secondary N) is 2. The normalized spacial score (nSPS) is 12.4. The Kier molecular flexibility index (Phi) is 12.3. The van der Waals surface area contributed by atoms with Gasteiger partial charge in [-0.2, -0.15) is 0 Å². The van der Waals surface area contributed by atoms with E-state index in [1.165, 1.54) is 28.8 Å². The molecule has 218 valence electrons. The number of hydrogen-bond acceptors (Lipinski definition) is 2. The van der Waals surface area contributed by atoms with Gasteiger partial charge in [-0.25, -0.2) is 4.39 Å². The average molecular weight is 570 g/mol. The Hall–Kier alpha value is -5.14. The van der Waals surface area contributed by atoms with Gasteiger partial charge in [0.05, 0.1) is 11.7 Å². The summed E-state index contributed by atoms with van der Waals surface area (Å²) in [6.45, 7) is 12.6. The van der Waals surface area contributed by atoms with Crippen molar-refractivity contribution in [3.05, 3.63) is 162 Å². The molecule has 3 nitrogen and oxygen atoms in total. The van der Waals surface area contributed by atoms with Gasteiger partial charge in [0, 0.05) is 42.0 Å². The predicted octanol–water partition coefficient (Wildman–Crippen LogP) is 9.46. The van der Waals surface area contributed by atoms with Crippen molar-refractivity contribution in [2.45, 2.75) is 33.1 Å². The van der Waals surface area contributed by atoms with Crippen LogP contribution in [0.3, 0.4) is 0 Å². The first-order chi connectivity index (χ1) is 20.9. The van der Waals surface area contributed by atoms with Gasteiger partial charge in [-0.3, -0.25) is 4.98 Å². The lowest BCUT2D eigenvalue weighted by atomic mass is 9.99. The Morgan fingerprint density at radius 3 is 2.49 bits per heavy atom. The Bertz CT molecular complexity index is 1690. The Morgan fingerprint density at radius 1 is 1.05 bits per heavy atom. The van der Waals surface area contributed by atoms with Crippen molar-refractivity contribution in [3.8, 4) is 24.0 Å². The summed E-state index contributed by atoms with van der Waals surface area (Å²) in [5, 5.41) is 4.31. The third-order valence-electron chi connectivity index (χ3n) is 7.21. The lowest BCUT2D eigenvalue weighted by Gasteiger charge is -2.10. The predicted molar refractivity (Wildman–Crippen MR) is 182 cm³/mol. The molecule has 0 spiro atoms. The molecule has 0 fully saturated rings. The van der Waals surface area contributed by atoms with E-state index in [4.69, 9.17) is 0 Å². The van der Waals surface area contributed by atoms with E-state index in [1.54, 1.807) is 18.5 Å². The smallest absolute Gasteiger partial charge is 0.123 e. The highest BCUT2D eigenvalue weighted by molar-refractivity contribution is 5.94. The van der Waals surface area contributed by atoms with Crippen molar-refractivity contribution in [1.29, 1.82) is 0 Å². The van der Waals surface area contributed by atoms with E-state index in [-0.39, 0.29) is 5.82 Å². The average Bonchev–Trinajstić information content (AvgIpc) is 3.45. The van der Waals surface area contributed by atoms with E-state index in [2.05, 4.69) is 110 Å². The van der Waals surface area contributed by atoms with Crippen LogP contribution < -0.4 is 5.32 Å². The van der Waals surface area contributed by atoms with Crippen LogP contribution in [-0.4, -0.2) is 17.0 Å².